The molecule has 1 N–H and O–H groups in total. The number of ether oxygens (including phenoxy) is 1. The summed E-state index contributed by atoms with van der Waals surface area (Å²) in [7, 11) is 0. The lowest BCUT2D eigenvalue weighted by Gasteiger charge is -1.95. The van der Waals surface area contributed by atoms with E-state index in [0.717, 1.165) is 10.9 Å². The highest BCUT2D eigenvalue weighted by Gasteiger charge is 2.05. The molecule has 2 rings (SSSR count). The molecule has 1 aromatic carbocycles. The van der Waals surface area contributed by atoms with Crippen molar-refractivity contribution in [2.45, 2.75) is 6.92 Å². The van der Waals surface area contributed by atoms with E-state index in [1.165, 1.54) is 0 Å². The van der Waals surface area contributed by atoms with Crippen molar-refractivity contribution >= 4 is 34.1 Å². The number of halogens is 2. The van der Waals surface area contributed by atoms with Gasteiger partial charge in [-0.25, -0.2) is 0 Å². The Morgan fingerprint density at radius 3 is 2.79 bits per heavy atom. The van der Waals surface area contributed by atoms with Gasteiger partial charge in [0, 0.05) is 16.5 Å². The molecule has 0 saturated heterocycles. The standard InChI is InChI=1S/C10H9Cl2NO/c1-2-14-10-5-7-8(12)3-6(11)4-9(7)13-10/h3-5,13H,2H2,1H3. The molecule has 0 fully saturated rings. The summed E-state index contributed by atoms with van der Waals surface area (Å²) in [6.45, 7) is 2.55. The Kier molecular flexibility index (Phi) is 2.57. The maximum Gasteiger partial charge on any atom is 0.191 e. The Hall–Kier alpha value is -0.860. The second-order valence-corrected chi connectivity index (χ2v) is 3.76. The molecule has 1 heterocycles. The van der Waals surface area contributed by atoms with Crippen molar-refractivity contribution < 1.29 is 4.74 Å². The highest BCUT2D eigenvalue weighted by Crippen LogP contribution is 2.30. The van der Waals surface area contributed by atoms with Crippen LogP contribution in [0.2, 0.25) is 10.0 Å². The molecule has 0 saturated carbocycles. The number of hydrogen-bond acceptors (Lipinski definition) is 1. The molecule has 2 aromatic rings. The number of benzene rings is 1. The van der Waals surface area contributed by atoms with Gasteiger partial charge < -0.3 is 9.72 Å². The highest BCUT2D eigenvalue weighted by molar-refractivity contribution is 6.38. The molecule has 0 amide bonds. The van der Waals surface area contributed by atoms with Crippen LogP contribution in [-0.4, -0.2) is 11.6 Å². The lowest BCUT2D eigenvalue weighted by molar-refractivity contribution is 0.329. The predicted molar refractivity (Wildman–Crippen MR) is 59.5 cm³/mol. The third kappa shape index (κ3) is 1.68. The van der Waals surface area contributed by atoms with Crippen LogP contribution in [0.4, 0.5) is 0 Å². The van der Waals surface area contributed by atoms with E-state index in [0.29, 0.717) is 22.5 Å². The molecule has 4 heteroatoms. The number of rotatable bonds is 2. The van der Waals surface area contributed by atoms with Gasteiger partial charge >= 0.3 is 0 Å². The van der Waals surface area contributed by atoms with Gasteiger partial charge in [0.2, 0.25) is 0 Å². The Morgan fingerprint density at radius 1 is 1.29 bits per heavy atom. The molecular formula is C10H9Cl2NO. The monoisotopic (exact) mass is 229 g/mol. The zero-order chi connectivity index (χ0) is 10.1. The van der Waals surface area contributed by atoms with Gasteiger partial charge in [0.25, 0.3) is 0 Å². The zero-order valence-electron chi connectivity index (χ0n) is 7.60. The Bertz CT molecular complexity index is 464. The minimum atomic E-state index is 0.618. The predicted octanol–water partition coefficient (Wildman–Crippen LogP) is 3.87. The van der Waals surface area contributed by atoms with Crippen LogP contribution in [0.3, 0.4) is 0 Å². The molecule has 0 radical (unpaired) electrons. The number of aromatic amines is 1. The van der Waals surface area contributed by atoms with Crippen LogP contribution in [0.1, 0.15) is 6.92 Å². The molecule has 0 aliphatic carbocycles. The van der Waals surface area contributed by atoms with Crippen LogP contribution < -0.4 is 4.74 Å². The fraction of sp³-hybridized carbons (Fsp3) is 0.200. The van der Waals surface area contributed by atoms with E-state index in [2.05, 4.69) is 4.98 Å². The molecule has 2 nitrogen and oxygen atoms in total. The van der Waals surface area contributed by atoms with Gasteiger partial charge in [0.15, 0.2) is 5.88 Å². The van der Waals surface area contributed by atoms with Crippen molar-refractivity contribution in [3.05, 3.63) is 28.2 Å². The third-order valence-corrected chi connectivity index (χ3v) is 2.46. The first-order valence-corrected chi connectivity index (χ1v) is 5.07. The van der Waals surface area contributed by atoms with Crippen molar-refractivity contribution in [1.82, 2.24) is 4.98 Å². The van der Waals surface area contributed by atoms with Crippen LogP contribution in [-0.2, 0) is 0 Å². The number of nitrogens with one attached hydrogen (secondary N) is 1. The number of aromatic nitrogens is 1. The van der Waals surface area contributed by atoms with Crippen LogP contribution in [0.25, 0.3) is 10.9 Å². The molecule has 74 valence electrons. The van der Waals surface area contributed by atoms with E-state index in [9.17, 15) is 0 Å². The van der Waals surface area contributed by atoms with Crippen molar-refractivity contribution in [2.24, 2.45) is 0 Å². The van der Waals surface area contributed by atoms with E-state index in [4.69, 9.17) is 27.9 Å². The molecule has 0 aliphatic heterocycles. The molecular weight excluding hydrogens is 221 g/mol. The van der Waals surface area contributed by atoms with E-state index in [1.54, 1.807) is 6.07 Å². The topological polar surface area (TPSA) is 25.0 Å². The van der Waals surface area contributed by atoms with Crippen LogP contribution in [0, 0.1) is 0 Å². The SMILES string of the molecule is CCOc1cc2c(Cl)cc(Cl)cc2[nH]1. The summed E-state index contributed by atoms with van der Waals surface area (Å²) in [4.78, 5) is 3.09. The molecule has 0 spiro atoms. The Morgan fingerprint density at radius 2 is 2.07 bits per heavy atom. The number of hydrogen-bond donors (Lipinski definition) is 1. The third-order valence-electron chi connectivity index (χ3n) is 1.93. The van der Waals surface area contributed by atoms with Crippen molar-refractivity contribution in [1.29, 1.82) is 0 Å². The summed E-state index contributed by atoms with van der Waals surface area (Å²) < 4.78 is 5.33. The fourth-order valence-electron chi connectivity index (χ4n) is 1.37. The van der Waals surface area contributed by atoms with Gasteiger partial charge in [-0.2, -0.15) is 0 Å². The summed E-state index contributed by atoms with van der Waals surface area (Å²) in [6.07, 6.45) is 0. The molecule has 14 heavy (non-hydrogen) atoms. The first-order valence-electron chi connectivity index (χ1n) is 4.31. The van der Waals surface area contributed by atoms with Gasteiger partial charge in [-0.1, -0.05) is 23.2 Å². The molecule has 0 unspecified atom stereocenters. The minimum absolute atomic E-state index is 0.618. The first kappa shape index (κ1) is 9.69. The maximum atomic E-state index is 6.02. The average molecular weight is 230 g/mol. The Labute approximate surface area is 91.8 Å². The number of fused-ring (bicyclic) bond motifs is 1. The summed E-state index contributed by atoms with van der Waals surface area (Å²) in [6, 6.07) is 5.41. The second-order valence-electron chi connectivity index (χ2n) is 2.92. The minimum Gasteiger partial charge on any atom is -0.479 e. The van der Waals surface area contributed by atoms with E-state index in [-0.39, 0.29) is 0 Å². The van der Waals surface area contributed by atoms with Crippen molar-refractivity contribution in [3.8, 4) is 5.88 Å². The summed E-state index contributed by atoms with van der Waals surface area (Å²) >= 11 is 11.9. The van der Waals surface area contributed by atoms with E-state index in [1.807, 2.05) is 19.1 Å². The van der Waals surface area contributed by atoms with Crippen molar-refractivity contribution in [2.75, 3.05) is 6.61 Å². The number of H-pyrrole nitrogens is 1. The van der Waals surface area contributed by atoms with Crippen LogP contribution in [0.15, 0.2) is 18.2 Å². The average Bonchev–Trinajstić information content (AvgIpc) is 2.48. The van der Waals surface area contributed by atoms with Gasteiger partial charge in [0.05, 0.1) is 17.1 Å². The van der Waals surface area contributed by atoms with Crippen LogP contribution in [0.5, 0.6) is 5.88 Å². The lowest BCUT2D eigenvalue weighted by Crippen LogP contribution is -1.89. The van der Waals surface area contributed by atoms with E-state index >= 15 is 0 Å². The van der Waals surface area contributed by atoms with Gasteiger partial charge in [0.1, 0.15) is 0 Å². The molecule has 0 aliphatic rings. The largest absolute Gasteiger partial charge is 0.479 e. The summed E-state index contributed by atoms with van der Waals surface area (Å²) in [5.74, 6) is 0.715. The normalized spacial score (nSPS) is 10.8. The fourth-order valence-corrected chi connectivity index (χ4v) is 1.92. The molecule has 0 bridgehead atoms. The summed E-state index contributed by atoms with van der Waals surface area (Å²) in [5, 5.41) is 2.18. The lowest BCUT2D eigenvalue weighted by atomic mass is 10.2. The van der Waals surface area contributed by atoms with Gasteiger partial charge in [-0.3, -0.25) is 0 Å². The van der Waals surface area contributed by atoms with Gasteiger partial charge in [-0.15, -0.1) is 0 Å². The van der Waals surface area contributed by atoms with Crippen LogP contribution >= 0.6 is 23.2 Å². The maximum absolute atomic E-state index is 6.02. The Balaban J connectivity index is 2.58. The highest BCUT2D eigenvalue weighted by atomic mass is 35.5. The smallest absolute Gasteiger partial charge is 0.191 e. The zero-order valence-corrected chi connectivity index (χ0v) is 9.12. The quantitative estimate of drug-likeness (QED) is 0.832. The molecule has 0 atom stereocenters. The van der Waals surface area contributed by atoms with Gasteiger partial charge in [-0.05, 0) is 19.1 Å². The van der Waals surface area contributed by atoms with Crippen molar-refractivity contribution in [3.63, 3.8) is 0 Å². The first-order chi connectivity index (χ1) is 6.70. The summed E-state index contributed by atoms with van der Waals surface area (Å²) in [5.41, 5.74) is 0.894. The second kappa shape index (κ2) is 3.71. The molecule has 1 aromatic heterocycles. The van der Waals surface area contributed by atoms with E-state index < -0.39 is 0 Å².